The quantitative estimate of drug-likeness (QED) is 0.728. The zero-order valence-corrected chi connectivity index (χ0v) is 11.2. The lowest BCUT2D eigenvalue weighted by atomic mass is 9.99. The Morgan fingerprint density at radius 1 is 1.47 bits per heavy atom. The minimum Gasteiger partial charge on any atom is -0.396 e. The molecule has 0 amide bonds. The average Bonchev–Trinajstić information content (AvgIpc) is 2.73. The van der Waals surface area contributed by atoms with Crippen molar-refractivity contribution in [2.75, 3.05) is 13.2 Å². The standard InChI is InChI=1S/C13H25N3O/c1-4-5-12(6-7-17)8-14-11(2)13-9-15-16(3)10-13/h9-12,14,17H,4-8H2,1-3H3. The van der Waals surface area contributed by atoms with Gasteiger partial charge < -0.3 is 10.4 Å². The van der Waals surface area contributed by atoms with Gasteiger partial charge in [0.2, 0.25) is 0 Å². The van der Waals surface area contributed by atoms with Crippen LogP contribution in [0, 0.1) is 5.92 Å². The van der Waals surface area contributed by atoms with Crippen molar-refractivity contribution in [1.29, 1.82) is 0 Å². The van der Waals surface area contributed by atoms with Crippen LogP contribution in [0.5, 0.6) is 0 Å². The third kappa shape index (κ3) is 4.88. The van der Waals surface area contributed by atoms with Crippen LogP contribution in [0.3, 0.4) is 0 Å². The maximum Gasteiger partial charge on any atom is 0.0537 e. The number of hydrogen-bond donors (Lipinski definition) is 2. The summed E-state index contributed by atoms with van der Waals surface area (Å²) in [5, 5.41) is 16.7. The Labute approximate surface area is 104 Å². The van der Waals surface area contributed by atoms with Crippen LogP contribution in [0.15, 0.2) is 12.4 Å². The van der Waals surface area contributed by atoms with Crippen LogP contribution in [-0.2, 0) is 7.05 Å². The van der Waals surface area contributed by atoms with Crippen molar-refractivity contribution in [1.82, 2.24) is 15.1 Å². The SMILES string of the molecule is CCCC(CCO)CNC(C)c1cnn(C)c1. The highest BCUT2D eigenvalue weighted by molar-refractivity contribution is 5.08. The van der Waals surface area contributed by atoms with Crippen LogP contribution >= 0.6 is 0 Å². The van der Waals surface area contributed by atoms with Crippen molar-refractivity contribution in [2.24, 2.45) is 13.0 Å². The van der Waals surface area contributed by atoms with Gasteiger partial charge in [-0.2, -0.15) is 5.10 Å². The first-order valence-electron chi connectivity index (χ1n) is 6.50. The van der Waals surface area contributed by atoms with Gasteiger partial charge in [0.25, 0.3) is 0 Å². The minimum absolute atomic E-state index is 0.285. The first kappa shape index (κ1) is 14.2. The molecular formula is C13H25N3O. The summed E-state index contributed by atoms with van der Waals surface area (Å²) < 4.78 is 1.82. The Morgan fingerprint density at radius 2 is 2.24 bits per heavy atom. The van der Waals surface area contributed by atoms with Gasteiger partial charge in [-0.25, -0.2) is 0 Å². The van der Waals surface area contributed by atoms with E-state index in [1.807, 2.05) is 24.1 Å². The van der Waals surface area contributed by atoms with E-state index in [9.17, 15) is 0 Å². The maximum atomic E-state index is 9.01. The largest absolute Gasteiger partial charge is 0.396 e. The van der Waals surface area contributed by atoms with Crippen molar-refractivity contribution in [2.45, 2.75) is 39.2 Å². The Kier molecular flexibility index (Phi) is 6.22. The number of aromatic nitrogens is 2. The second kappa shape index (κ2) is 7.45. The fourth-order valence-corrected chi connectivity index (χ4v) is 2.06. The molecule has 0 spiro atoms. The Balaban J connectivity index is 2.37. The van der Waals surface area contributed by atoms with E-state index in [1.165, 1.54) is 18.4 Å². The van der Waals surface area contributed by atoms with Crippen molar-refractivity contribution in [3.63, 3.8) is 0 Å². The predicted molar refractivity (Wildman–Crippen MR) is 69.7 cm³/mol. The van der Waals surface area contributed by atoms with Gasteiger partial charge in [-0.05, 0) is 32.2 Å². The molecule has 1 heterocycles. The Hall–Kier alpha value is -0.870. The van der Waals surface area contributed by atoms with E-state index in [4.69, 9.17) is 5.11 Å². The molecule has 1 rings (SSSR count). The third-order valence-corrected chi connectivity index (χ3v) is 3.17. The van der Waals surface area contributed by atoms with Gasteiger partial charge in [0.05, 0.1) is 6.20 Å². The number of aryl methyl sites for hydroxylation is 1. The number of aliphatic hydroxyl groups is 1. The molecule has 2 unspecified atom stereocenters. The van der Waals surface area contributed by atoms with Gasteiger partial charge in [-0.1, -0.05) is 13.3 Å². The number of hydrogen-bond acceptors (Lipinski definition) is 3. The molecule has 0 aliphatic heterocycles. The van der Waals surface area contributed by atoms with E-state index >= 15 is 0 Å². The second-order valence-electron chi connectivity index (χ2n) is 4.74. The van der Waals surface area contributed by atoms with Gasteiger partial charge in [-0.3, -0.25) is 4.68 Å². The van der Waals surface area contributed by atoms with E-state index < -0.39 is 0 Å². The zero-order chi connectivity index (χ0) is 12.7. The molecular weight excluding hydrogens is 214 g/mol. The monoisotopic (exact) mass is 239 g/mol. The summed E-state index contributed by atoms with van der Waals surface area (Å²) >= 11 is 0. The van der Waals surface area contributed by atoms with Crippen LogP contribution in [0.1, 0.15) is 44.7 Å². The molecule has 0 aromatic carbocycles. The lowest BCUT2D eigenvalue weighted by Crippen LogP contribution is -2.26. The average molecular weight is 239 g/mol. The fourth-order valence-electron chi connectivity index (χ4n) is 2.06. The van der Waals surface area contributed by atoms with Gasteiger partial charge in [-0.15, -0.1) is 0 Å². The highest BCUT2D eigenvalue weighted by Crippen LogP contribution is 2.14. The topological polar surface area (TPSA) is 50.1 Å². The molecule has 0 bridgehead atoms. The summed E-state index contributed by atoms with van der Waals surface area (Å²) in [6, 6.07) is 0.321. The second-order valence-corrected chi connectivity index (χ2v) is 4.74. The highest BCUT2D eigenvalue weighted by Gasteiger charge is 2.11. The molecule has 0 aliphatic carbocycles. The molecule has 4 heteroatoms. The predicted octanol–water partition coefficient (Wildman–Crippen LogP) is 1.87. The van der Waals surface area contributed by atoms with Crippen LogP contribution in [0.2, 0.25) is 0 Å². The van der Waals surface area contributed by atoms with Crippen molar-refractivity contribution < 1.29 is 5.11 Å². The van der Waals surface area contributed by atoms with E-state index in [0.717, 1.165) is 13.0 Å². The van der Waals surface area contributed by atoms with Crippen molar-refractivity contribution in [3.05, 3.63) is 18.0 Å². The van der Waals surface area contributed by atoms with Crippen molar-refractivity contribution in [3.8, 4) is 0 Å². The van der Waals surface area contributed by atoms with Crippen LogP contribution in [0.4, 0.5) is 0 Å². The molecule has 0 aliphatic rings. The summed E-state index contributed by atoms with van der Waals surface area (Å²) in [6.45, 7) is 5.59. The number of nitrogens with zero attached hydrogens (tertiary/aromatic N) is 2. The molecule has 98 valence electrons. The first-order valence-corrected chi connectivity index (χ1v) is 6.50. The maximum absolute atomic E-state index is 9.01. The summed E-state index contributed by atoms with van der Waals surface area (Å²) in [5.41, 5.74) is 1.21. The molecule has 17 heavy (non-hydrogen) atoms. The highest BCUT2D eigenvalue weighted by atomic mass is 16.3. The van der Waals surface area contributed by atoms with Crippen molar-refractivity contribution >= 4 is 0 Å². The fraction of sp³-hybridized carbons (Fsp3) is 0.769. The van der Waals surface area contributed by atoms with E-state index in [1.54, 1.807) is 0 Å². The van der Waals surface area contributed by atoms with Crippen LogP contribution in [-0.4, -0.2) is 28.0 Å². The van der Waals surface area contributed by atoms with E-state index in [2.05, 4.69) is 24.3 Å². The first-order chi connectivity index (χ1) is 8.17. The van der Waals surface area contributed by atoms with Crippen LogP contribution in [0.25, 0.3) is 0 Å². The normalized spacial score (nSPS) is 14.8. The third-order valence-electron chi connectivity index (χ3n) is 3.17. The lowest BCUT2D eigenvalue weighted by molar-refractivity contribution is 0.246. The molecule has 1 aromatic heterocycles. The summed E-state index contributed by atoms with van der Waals surface area (Å²) in [5.74, 6) is 0.573. The molecule has 0 saturated heterocycles. The zero-order valence-electron chi connectivity index (χ0n) is 11.2. The molecule has 1 aromatic rings. The molecule has 4 nitrogen and oxygen atoms in total. The lowest BCUT2D eigenvalue weighted by Gasteiger charge is -2.19. The molecule has 2 N–H and O–H groups in total. The summed E-state index contributed by atoms with van der Waals surface area (Å²) in [7, 11) is 1.93. The van der Waals surface area contributed by atoms with Gasteiger partial charge >= 0.3 is 0 Å². The number of aliphatic hydroxyl groups excluding tert-OH is 1. The molecule has 0 radical (unpaired) electrons. The smallest absolute Gasteiger partial charge is 0.0537 e. The minimum atomic E-state index is 0.285. The number of rotatable bonds is 8. The van der Waals surface area contributed by atoms with E-state index in [0.29, 0.717) is 12.0 Å². The van der Waals surface area contributed by atoms with E-state index in [-0.39, 0.29) is 6.61 Å². The molecule has 0 saturated carbocycles. The van der Waals surface area contributed by atoms with Gasteiger partial charge in [0, 0.05) is 31.5 Å². The molecule has 2 atom stereocenters. The summed E-state index contributed by atoms with van der Waals surface area (Å²) in [4.78, 5) is 0. The number of nitrogens with one attached hydrogen (secondary N) is 1. The van der Waals surface area contributed by atoms with Crippen LogP contribution < -0.4 is 5.32 Å². The Bertz CT molecular complexity index is 305. The Morgan fingerprint density at radius 3 is 2.76 bits per heavy atom. The van der Waals surface area contributed by atoms with Gasteiger partial charge in [0.1, 0.15) is 0 Å². The molecule has 0 fully saturated rings. The summed E-state index contributed by atoms with van der Waals surface area (Å²) in [6.07, 6.45) is 7.18. The van der Waals surface area contributed by atoms with Gasteiger partial charge in [0.15, 0.2) is 0 Å².